The predicted octanol–water partition coefficient (Wildman–Crippen LogP) is 1.12. The quantitative estimate of drug-likeness (QED) is 0.459. The maximum atomic E-state index is 12.9. The van der Waals surface area contributed by atoms with Crippen molar-refractivity contribution in [2.45, 2.75) is 33.0 Å². The fourth-order valence-corrected chi connectivity index (χ4v) is 4.21. The smallest absolute Gasteiger partial charge is 0.252 e. The molecular weight excluding hydrogens is 428 g/mol. The molecule has 2 aromatic heterocycles. The van der Waals surface area contributed by atoms with Crippen LogP contribution in [0.5, 0.6) is 11.5 Å². The van der Waals surface area contributed by atoms with Gasteiger partial charge in [-0.3, -0.25) is 9.69 Å². The Morgan fingerprint density at radius 2 is 2.00 bits per heavy atom. The molecule has 0 spiro atoms. The minimum absolute atomic E-state index is 0.0625. The molecule has 0 amide bonds. The molecule has 11 nitrogen and oxygen atoms in total. The summed E-state index contributed by atoms with van der Waals surface area (Å²) in [4.78, 5) is 17.9. The van der Waals surface area contributed by atoms with Gasteiger partial charge in [-0.05, 0) is 28.5 Å². The number of aromatic nitrogens is 5. The average molecular weight is 459 g/mol. The van der Waals surface area contributed by atoms with Crippen LogP contribution in [0.4, 0.5) is 0 Å². The number of aliphatic hydroxyl groups excluding tert-OH is 1. The van der Waals surface area contributed by atoms with Crippen LogP contribution in [-0.2, 0) is 17.8 Å². The van der Waals surface area contributed by atoms with Crippen molar-refractivity contribution in [3.8, 4) is 11.5 Å². The molecule has 1 aromatic carbocycles. The molecule has 0 bridgehead atoms. The van der Waals surface area contributed by atoms with E-state index < -0.39 is 0 Å². The Morgan fingerprint density at radius 1 is 1.24 bits per heavy atom. The molecule has 1 aliphatic rings. The van der Waals surface area contributed by atoms with Crippen LogP contribution in [-0.4, -0.2) is 75.3 Å². The third kappa shape index (κ3) is 5.00. The number of hydrogen-bond donors (Lipinski definition) is 2. The van der Waals surface area contributed by atoms with Gasteiger partial charge in [0.15, 0.2) is 17.3 Å². The van der Waals surface area contributed by atoms with Gasteiger partial charge in [-0.15, -0.1) is 5.10 Å². The minimum Gasteiger partial charge on any atom is -0.486 e. The largest absolute Gasteiger partial charge is 0.486 e. The van der Waals surface area contributed by atoms with Gasteiger partial charge in [0, 0.05) is 37.2 Å². The van der Waals surface area contributed by atoms with Gasteiger partial charge in [-0.25, -0.2) is 4.68 Å². The molecule has 3 aromatic rings. The van der Waals surface area contributed by atoms with Crippen molar-refractivity contribution in [3.63, 3.8) is 0 Å². The summed E-state index contributed by atoms with van der Waals surface area (Å²) in [5.74, 6) is 2.09. The van der Waals surface area contributed by atoms with E-state index in [0.29, 0.717) is 67.9 Å². The van der Waals surface area contributed by atoms with Crippen LogP contribution in [0.15, 0.2) is 23.0 Å². The molecule has 4 rings (SSSR count). The monoisotopic (exact) mass is 458 g/mol. The van der Waals surface area contributed by atoms with Gasteiger partial charge < -0.3 is 24.3 Å². The van der Waals surface area contributed by atoms with E-state index in [1.54, 1.807) is 17.9 Å². The first-order valence-electron chi connectivity index (χ1n) is 11.1. The highest BCUT2D eigenvalue weighted by Crippen LogP contribution is 2.34. The van der Waals surface area contributed by atoms with Crippen LogP contribution in [0.1, 0.15) is 31.3 Å². The molecule has 0 radical (unpaired) electrons. The van der Waals surface area contributed by atoms with E-state index in [1.165, 1.54) is 0 Å². The molecule has 2 N–H and O–H groups in total. The summed E-state index contributed by atoms with van der Waals surface area (Å²) in [5, 5.41) is 22.9. The third-order valence-electron chi connectivity index (χ3n) is 5.70. The van der Waals surface area contributed by atoms with Crippen molar-refractivity contribution in [2.75, 3.05) is 40.1 Å². The van der Waals surface area contributed by atoms with Crippen LogP contribution in [0.25, 0.3) is 10.9 Å². The van der Waals surface area contributed by atoms with Crippen molar-refractivity contribution in [1.82, 2.24) is 30.1 Å². The molecule has 0 unspecified atom stereocenters. The summed E-state index contributed by atoms with van der Waals surface area (Å²) in [6.07, 6.45) is 0. The lowest BCUT2D eigenvalue weighted by molar-refractivity contribution is 0.103. The molecule has 33 heavy (non-hydrogen) atoms. The molecular formula is C22H30N6O5. The topological polar surface area (TPSA) is 128 Å². The molecule has 0 saturated carbocycles. The molecule has 0 aliphatic carbocycles. The van der Waals surface area contributed by atoms with Gasteiger partial charge in [-0.2, -0.15) is 0 Å². The fourth-order valence-electron chi connectivity index (χ4n) is 4.21. The number of benzene rings is 1. The van der Waals surface area contributed by atoms with E-state index >= 15 is 0 Å². The first-order valence-corrected chi connectivity index (χ1v) is 11.1. The van der Waals surface area contributed by atoms with Crippen molar-refractivity contribution in [3.05, 3.63) is 39.9 Å². The van der Waals surface area contributed by atoms with Gasteiger partial charge in [0.1, 0.15) is 13.2 Å². The number of nitrogens with zero attached hydrogens (tertiary/aromatic N) is 5. The van der Waals surface area contributed by atoms with Crippen molar-refractivity contribution < 1.29 is 19.3 Å². The fraction of sp³-hybridized carbons (Fsp3) is 0.545. The van der Waals surface area contributed by atoms with Crippen LogP contribution < -0.4 is 15.0 Å². The lowest BCUT2D eigenvalue weighted by Crippen LogP contribution is -2.37. The Bertz CT molecular complexity index is 1140. The number of fused-ring (bicyclic) bond motifs is 2. The van der Waals surface area contributed by atoms with Gasteiger partial charge in [-0.1, -0.05) is 13.8 Å². The minimum atomic E-state index is -0.209. The summed E-state index contributed by atoms with van der Waals surface area (Å²) < 4.78 is 18.2. The summed E-state index contributed by atoms with van der Waals surface area (Å²) >= 11 is 0. The Morgan fingerprint density at radius 3 is 2.70 bits per heavy atom. The van der Waals surface area contributed by atoms with Crippen molar-refractivity contribution >= 4 is 10.9 Å². The van der Waals surface area contributed by atoms with E-state index in [9.17, 15) is 9.90 Å². The number of nitrogens with one attached hydrogen (secondary N) is 1. The number of tetrazole rings is 1. The summed E-state index contributed by atoms with van der Waals surface area (Å²) in [7, 11) is 1.63. The third-order valence-corrected chi connectivity index (χ3v) is 5.70. The standard InChI is InChI=1S/C22H30N6O5/c1-14(2)20(21-24-25-26-28(21)5-7-31-3)27(4-6-29)13-16-10-15-11-18-19(33-9-8-32-18)12-17(15)23-22(16)30/h10-12,14,20,29H,4-9,13H2,1-3H3,(H,23,30)/t20-/m1/s1. The second-order valence-electron chi connectivity index (χ2n) is 8.34. The molecule has 0 fully saturated rings. The zero-order chi connectivity index (χ0) is 23.4. The number of rotatable bonds is 10. The first-order chi connectivity index (χ1) is 16.0. The van der Waals surface area contributed by atoms with Crippen LogP contribution in [0.3, 0.4) is 0 Å². The lowest BCUT2D eigenvalue weighted by Gasteiger charge is -2.33. The Labute approximate surface area is 191 Å². The molecule has 11 heteroatoms. The van der Waals surface area contributed by atoms with Crippen molar-refractivity contribution in [1.29, 1.82) is 0 Å². The second kappa shape index (κ2) is 10.3. The number of H-pyrrole nitrogens is 1. The highest BCUT2D eigenvalue weighted by Gasteiger charge is 2.29. The number of methoxy groups -OCH3 is 1. The van der Waals surface area contributed by atoms with Gasteiger partial charge in [0.05, 0.1) is 31.3 Å². The SMILES string of the molecule is COCCn1nnnc1[C@@H](C(C)C)N(CCO)Cc1cc2cc3c(cc2[nH]c1=O)OCCO3. The maximum absolute atomic E-state index is 12.9. The first kappa shape index (κ1) is 23.1. The number of ether oxygens (including phenoxy) is 3. The maximum Gasteiger partial charge on any atom is 0.252 e. The predicted molar refractivity (Wildman–Crippen MR) is 120 cm³/mol. The van der Waals surface area contributed by atoms with E-state index in [4.69, 9.17) is 14.2 Å². The van der Waals surface area contributed by atoms with Crippen LogP contribution in [0.2, 0.25) is 0 Å². The molecule has 178 valence electrons. The highest BCUT2D eigenvalue weighted by molar-refractivity contribution is 5.83. The second-order valence-corrected chi connectivity index (χ2v) is 8.34. The molecule has 0 saturated heterocycles. The number of hydrogen-bond acceptors (Lipinski definition) is 9. The Hall–Kier alpha value is -3.02. The number of pyridine rings is 1. The van der Waals surface area contributed by atoms with Crippen LogP contribution in [0, 0.1) is 5.92 Å². The van der Waals surface area contributed by atoms with Crippen LogP contribution >= 0.6 is 0 Å². The average Bonchev–Trinajstić information content (AvgIpc) is 3.24. The van der Waals surface area contributed by atoms with E-state index in [-0.39, 0.29) is 24.1 Å². The van der Waals surface area contributed by atoms with Crippen molar-refractivity contribution in [2.24, 2.45) is 5.92 Å². The summed E-state index contributed by atoms with van der Waals surface area (Å²) in [5.41, 5.74) is 1.07. The Balaban J connectivity index is 1.68. The van der Waals surface area contributed by atoms with E-state index in [2.05, 4.69) is 34.4 Å². The normalized spacial score (nSPS) is 14.4. The van der Waals surface area contributed by atoms with E-state index in [1.807, 2.05) is 17.0 Å². The van der Waals surface area contributed by atoms with Gasteiger partial charge in [0.25, 0.3) is 5.56 Å². The summed E-state index contributed by atoms with van der Waals surface area (Å²) in [6.45, 7) is 6.72. The lowest BCUT2D eigenvalue weighted by atomic mass is 10.0. The molecule has 3 heterocycles. The number of aromatic amines is 1. The molecule has 1 aliphatic heterocycles. The van der Waals surface area contributed by atoms with Gasteiger partial charge in [0.2, 0.25) is 0 Å². The summed E-state index contributed by atoms with van der Waals surface area (Å²) in [6, 6.07) is 5.33. The zero-order valence-electron chi connectivity index (χ0n) is 19.2. The zero-order valence-corrected chi connectivity index (χ0v) is 19.2. The molecule has 1 atom stereocenters. The van der Waals surface area contributed by atoms with E-state index in [0.717, 1.165) is 5.39 Å². The number of aliphatic hydroxyl groups is 1. The van der Waals surface area contributed by atoms with Gasteiger partial charge >= 0.3 is 0 Å². The Kier molecular flexibility index (Phi) is 7.21. The highest BCUT2D eigenvalue weighted by atomic mass is 16.6.